The molecule has 92 heavy (non-hydrogen) atoms. The van der Waals surface area contributed by atoms with E-state index in [0.717, 1.165) is 35.4 Å². The third-order valence-electron chi connectivity index (χ3n) is 13.2. The van der Waals surface area contributed by atoms with E-state index in [1.54, 1.807) is 72.8 Å². The molecule has 0 fully saturated rings. The van der Waals surface area contributed by atoms with Crippen LogP contribution in [0.15, 0.2) is 131 Å². The lowest BCUT2D eigenvalue weighted by molar-refractivity contribution is -0.461. The van der Waals surface area contributed by atoms with Gasteiger partial charge in [0, 0.05) is 25.3 Å². The Morgan fingerprint density at radius 3 is 0.685 bits per heavy atom. The Kier molecular flexibility index (Phi) is 20.6. The second-order valence-corrected chi connectivity index (χ2v) is 19.5. The van der Waals surface area contributed by atoms with Gasteiger partial charge in [0.1, 0.15) is 11.5 Å². The number of rotatable bonds is 28. The van der Waals surface area contributed by atoms with Crippen LogP contribution in [0.25, 0.3) is 22.3 Å². The third kappa shape index (κ3) is 13.4. The Morgan fingerprint density at radius 2 is 0.457 bits per heavy atom. The molecule has 0 aliphatic carbocycles. The van der Waals surface area contributed by atoms with Crippen molar-refractivity contribution in [1.29, 1.82) is 0 Å². The van der Waals surface area contributed by atoms with Gasteiger partial charge in [0.2, 0.25) is 0 Å². The van der Waals surface area contributed by atoms with E-state index >= 15 is 0 Å². The summed E-state index contributed by atoms with van der Waals surface area (Å²) < 4.78 is 470. The lowest BCUT2D eigenvalue weighted by Gasteiger charge is -2.42. The van der Waals surface area contributed by atoms with Crippen molar-refractivity contribution in [3.63, 3.8) is 0 Å². The van der Waals surface area contributed by atoms with Gasteiger partial charge in [-0.05, 0) is 119 Å². The average Bonchev–Trinajstić information content (AvgIpc) is 0.704. The zero-order valence-electron chi connectivity index (χ0n) is 44.5. The molecule has 5 rings (SSSR count). The highest BCUT2D eigenvalue weighted by Crippen LogP contribution is 2.66. The Morgan fingerprint density at radius 1 is 0.250 bits per heavy atom. The number of halogens is 34. The lowest BCUT2D eigenvalue weighted by atomic mass is 9.88. The van der Waals surface area contributed by atoms with Crippen molar-refractivity contribution >= 4 is 23.8 Å². The maximum absolute atomic E-state index is 14.2. The summed E-state index contributed by atoms with van der Waals surface area (Å²) >= 11 is 0. The first-order chi connectivity index (χ1) is 41.5. The number of benzene rings is 5. The fourth-order valence-electron chi connectivity index (χ4n) is 7.61. The first-order valence-corrected chi connectivity index (χ1v) is 24.8. The number of ether oxygens (including phenoxy) is 2. The standard InChI is InChI=1S/C54H34F34N2O2/c55-39(56,41(59,60)43(63,64)45(67,68)47(71,72)49(75,76)51(79,80)53(83,84)85)23-1-25-91-37-19-3-29(4-20-37)27-89-35-15-11-33(12-16-35)31-7-9-32(10-8-31)34-13-17-36(18-14-34)90-28-30-5-21-38(22-6-30)92-26-2-24-40(57,58)42(61,62)44(65,66)46(69,70)48(73,74)50(77,78)52(81,82)54(86,87)88/h3-22,27-28H,1-2,23-26H2. The van der Waals surface area contributed by atoms with Crippen molar-refractivity contribution in [1.82, 2.24) is 0 Å². The maximum Gasteiger partial charge on any atom is 0.460 e. The summed E-state index contributed by atoms with van der Waals surface area (Å²) in [5.41, 5.74) is 4.32. The Balaban J connectivity index is 1.09. The molecule has 38 heteroatoms. The summed E-state index contributed by atoms with van der Waals surface area (Å²) in [7, 11) is 0. The van der Waals surface area contributed by atoms with Crippen LogP contribution in [0.4, 0.5) is 161 Å². The van der Waals surface area contributed by atoms with Crippen molar-refractivity contribution in [3.05, 3.63) is 132 Å². The van der Waals surface area contributed by atoms with E-state index in [1.165, 1.54) is 36.7 Å². The van der Waals surface area contributed by atoms with Crippen LogP contribution in [0.3, 0.4) is 0 Å². The normalized spacial score (nSPS) is 14.8. The van der Waals surface area contributed by atoms with Crippen LogP contribution >= 0.6 is 0 Å². The van der Waals surface area contributed by atoms with Gasteiger partial charge in [-0.3, -0.25) is 9.98 Å². The topological polar surface area (TPSA) is 43.2 Å². The molecule has 0 atom stereocenters. The summed E-state index contributed by atoms with van der Waals surface area (Å²) in [5, 5.41) is 0. The summed E-state index contributed by atoms with van der Waals surface area (Å²) in [5.74, 6) is -114. The summed E-state index contributed by atoms with van der Waals surface area (Å²) in [6.45, 7) is -2.26. The Bertz CT molecular complexity index is 3120. The van der Waals surface area contributed by atoms with Crippen LogP contribution in [0.2, 0.25) is 0 Å². The molecule has 0 amide bonds. The largest absolute Gasteiger partial charge is 0.494 e. The number of nitrogens with zero attached hydrogens (tertiary/aromatic N) is 2. The molecule has 0 aliphatic heterocycles. The minimum Gasteiger partial charge on any atom is -0.494 e. The highest BCUT2D eigenvalue weighted by molar-refractivity contribution is 5.83. The molecule has 0 saturated heterocycles. The first kappa shape index (κ1) is 75.4. The molecule has 0 bridgehead atoms. The van der Waals surface area contributed by atoms with E-state index in [4.69, 9.17) is 9.47 Å². The number of alkyl halides is 34. The van der Waals surface area contributed by atoms with Gasteiger partial charge in [0.05, 0.1) is 24.6 Å². The second kappa shape index (κ2) is 25.2. The number of aliphatic imine (C=N–C) groups is 2. The van der Waals surface area contributed by atoms with Gasteiger partial charge in [0.25, 0.3) is 0 Å². The molecule has 0 N–H and O–H groups in total. The molecule has 0 saturated carbocycles. The van der Waals surface area contributed by atoms with Crippen molar-refractivity contribution in [2.45, 2.75) is 121 Å². The smallest absolute Gasteiger partial charge is 0.460 e. The first-order valence-electron chi connectivity index (χ1n) is 24.8. The van der Waals surface area contributed by atoms with Gasteiger partial charge in [-0.25, -0.2) is 0 Å². The highest BCUT2D eigenvalue weighted by Gasteiger charge is 2.97. The van der Waals surface area contributed by atoms with Crippen LogP contribution in [-0.4, -0.2) is 121 Å². The molecule has 5 aromatic carbocycles. The van der Waals surface area contributed by atoms with E-state index in [9.17, 15) is 149 Å². The molecular formula is C54H34F34N2O2. The fraction of sp³-hybridized carbons (Fsp3) is 0.407. The average molecular weight is 1390 g/mol. The summed E-state index contributed by atoms with van der Waals surface area (Å²) in [6, 6.07) is 29.8. The van der Waals surface area contributed by atoms with Gasteiger partial charge >= 0.3 is 95.3 Å². The van der Waals surface area contributed by atoms with Crippen LogP contribution in [0.5, 0.6) is 11.5 Å². The molecule has 0 radical (unpaired) electrons. The third-order valence-corrected chi connectivity index (χ3v) is 13.2. The van der Waals surface area contributed by atoms with Crippen molar-refractivity contribution in [2.24, 2.45) is 9.98 Å². The van der Waals surface area contributed by atoms with Gasteiger partial charge in [-0.2, -0.15) is 149 Å². The Labute approximate surface area is 492 Å². The van der Waals surface area contributed by atoms with Crippen molar-refractivity contribution in [3.8, 4) is 33.8 Å². The van der Waals surface area contributed by atoms with Gasteiger partial charge in [-0.15, -0.1) is 0 Å². The Hall–Kier alpha value is -7.34. The van der Waals surface area contributed by atoms with E-state index < -0.39 is 134 Å². The molecule has 0 unspecified atom stereocenters. The van der Waals surface area contributed by atoms with Crippen LogP contribution in [0, 0.1) is 0 Å². The van der Waals surface area contributed by atoms with E-state index in [-0.39, 0.29) is 11.5 Å². The van der Waals surface area contributed by atoms with E-state index in [0.29, 0.717) is 33.6 Å². The molecule has 510 valence electrons. The van der Waals surface area contributed by atoms with Gasteiger partial charge < -0.3 is 9.47 Å². The monoisotopic (exact) mass is 1390 g/mol. The van der Waals surface area contributed by atoms with Crippen LogP contribution < -0.4 is 9.47 Å². The fourth-order valence-corrected chi connectivity index (χ4v) is 7.61. The van der Waals surface area contributed by atoms with Gasteiger partial charge in [-0.1, -0.05) is 48.5 Å². The molecule has 0 aliphatic rings. The van der Waals surface area contributed by atoms with Crippen molar-refractivity contribution in [2.75, 3.05) is 13.2 Å². The molecule has 0 heterocycles. The molecule has 5 aromatic rings. The second-order valence-electron chi connectivity index (χ2n) is 19.5. The zero-order valence-corrected chi connectivity index (χ0v) is 44.5. The maximum atomic E-state index is 14.2. The van der Waals surface area contributed by atoms with E-state index in [2.05, 4.69) is 9.98 Å². The van der Waals surface area contributed by atoms with Crippen LogP contribution in [0.1, 0.15) is 36.8 Å². The van der Waals surface area contributed by atoms with Gasteiger partial charge in [0.15, 0.2) is 0 Å². The minimum atomic E-state index is -8.72. The number of hydrogen-bond donors (Lipinski definition) is 0. The molecule has 0 aromatic heterocycles. The SMILES string of the molecule is FC(F)(F)C(F)(F)C(F)(F)C(F)(F)C(F)(F)C(F)(F)C(F)(F)C(F)(F)CCCOc1ccc(C=Nc2ccc(-c3ccc(-c4ccc(N=Cc5ccc(OCCCC(F)(F)C(F)(F)C(F)(F)C(F)(F)C(F)(F)C(F)(F)C(F)(F)C(F)(F)F)cc5)cc4)cc3)cc2)cc1. The zero-order chi connectivity index (χ0) is 70.4. The van der Waals surface area contributed by atoms with Crippen molar-refractivity contribution < 1.29 is 159 Å². The predicted molar refractivity (Wildman–Crippen MR) is 256 cm³/mol. The molecule has 0 spiro atoms. The predicted octanol–water partition coefficient (Wildman–Crippen LogP) is 20.9. The number of hydrogen-bond acceptors (Lipinski definition) is 4. The minimum absolute atomic E-state index is 0.241. The summed E-state index contributed by atoms with van der Waals surface area (Å²) in [4.78, 5) is 8.50. The molecular weight excluding hydrogens is 1350 g/mol. The van der Waals surface area contributed by atoms with Crippen LogP contribution in [-0.2, 0) is 0 Å². The lowest BCUT2D eigenvalue weighted by Crippen LogP contribution is -2.74. The highest BCUT2D eigenvalue weighted by atomic mass is 19.4. The summed E-state index contributed by atoms with van der Waals surface area (Å²) in [6.07, 6.45) is -21.4. The van der Waals surface area contributed by atoms with E-state index in [1.807, 2.05) is 0 Å². The molecule has 4 nitrogen and oxygen atoms in total. The quantitative estimate of drug-likeness (QED) is 0.0285.